The monoisotopic (exact) mass is 260 g/mol. The highest BCUT2D eigenvalue weighted by Gasteiger charge is 2.52. The number of aliphatic hydroxyl groups is 1. The van der Waals surface area contributed by atoms with Gasteiger partial charge in [0.15, 0.2) is 0 Å². The Morgan fingerprint density at radius 3 is 2.84 bits per heavy atom. The summed E-state index contributed by atoms with van der Waals surface area (Å²) in [5.74, 6) is 3.84. The lowest BCUT2D eigenvalue weighted by Gasteiger charge is -2.53. The minimum absolute atomic E-state index is 0.136. The fraction of sp³-hybridized carbons (Fsp3) is 0.889. The lowest BCUT2D eigenvalue weighted by atomic mass is 9.52. The predicted octanol–water partition coefficient (Wildman–Crippen LogP) is 4.31. The van der Waals surface area contributed by atoms with Crippen LogP contribution >= 0.6 is 0 Å². The van der Waals surface area contributed by atoms with E-state index in [1.165, 1.54) is 51.4 Å². The van der Waals surface area contributed by atoms with E-state index in [9.17, 15) is 5.11 Å². The first-order chi connectivity index (χ1) is 9.17. The first kappa shape index (κ1) is 12.4. The lowest BCUT2D eigenvalue weighted by molar-refractivity contribution is -0.00504. The molecule has 0 amide bonds. The van der Waals surface area contributed by atoms with Crippen molar-refractivity contribution in [1.29, 1.82) is 0 Å². The van der Waals surface area contributed by atoms with Crippen molar-refractivity contribution in [2.75, 3.05) is 0 Å². The normalized spacial score (nSPS) is 52.9. The highest BCUT2D eigenvalue weighted by atomic mass is 16.3. The largest absolute Gasteiger partial charge is 0.389 e. The van der Waals surface area contributed by atoms with E-state index in [1.807, 2.05) is 0 Å². The summed E-state index contributed by atoms with van der Waals surface area (Å²) in [6.45, 7) is 2.58. The Morgan fingerprint density at radius 2 is 1.95 bits per heavy atom. The van der Waals surface area contributed by atoms with Crippen LogP contribution in [0.4, 0.5) is 0 Å². The molecule has 6 unspecified atom stereocenters. The first-order valence-corrected chi connectivity index (χ1v) is 8.56. The first-order valence-electron chi connectivity index (χ1n) is 8.56. The number of aliphatic hydroxyl groups excluding tert-OH is 1. The van der Waals surface area contributed by atoms with Crippen LogP contribution in [0, 0.1) is 29.1 Å². The SMILES string of the molecule is CC12CCCC1C1CCC3=CC(O)CCC3C1CC2. The molecule has 1 N–H and O–H groups in total. The standard InChI is InChI=1S/C18H28O/c1-18-9-2-3-17(18)16-6-4-12-11-13(19)5-7-14(12)15(16)8-10-18/h11,13-17,19H,2-10H2,1H3. The van der Waals surface area contributed by atoms with Crippen molar-refractivity contribution in [2.45, 2.75) is 70.8 Å². The summed E-state index contributed by atoms with van der Waals surface area (Å²) >= 11 is 0. The van der Waals surface area contributed by atoms with Crippen molar-refractivity contribution in [1.82, 2.24) is 0 Å². The molecule has 0 bridgehead atoms. The van der Waals surface area contributed by atoms with Crippen LogP contribution in [0.3, 0.4) is 0 Å². The fourth-order valence-corrected chi connectivity index (χ4v) is 6.31. The van der Waals surface area contributed by atoms with Crippen molar-refractivity contribution in [3.8, 4) is 0 Å². The lowest BCUT2D eigenvalue weighted by Crippen LogP contribution is -2.44. The Labute approximate surface area is 117 Å². The van der Waals surface area contributed by atoms with Crippen LogP contribution in [0.15, 0.2) is 11.6 Å². The molecule has 4 aliphatic carbocycles. The Bertz CT molecular complexity index is 398. The zero-order chi connectivity index (χ0) is 13.0. The summed E-state index contributed by atoms with van der Waals surface area (Å²) in [6, 6.07) is 0. The average Bonchev–Trinajstić information content (AvgIpc) is 2.79. The van der Waals surface area contributed by atoms with E-state index in [0.29, 0.717) is 5.41 Å². The number of hydrogen-bond acceptors (Lipinski definition) is 1. The van der Waals surface area contributed by atoms with Gasteiger partial charge in [-0.3, -0.25) is 0 Å². The molecule has 0 aromatic heterocycles. The molecule has 3 saturated carbocycles. The van der Waals surface area contributed by atoms with Gasteiger partial charge in [-0.15, -0.1) is 0 Å². The van der Waals surface area contributed by atoms with E-state index in [2.05, 4.69) is 13.0 Å². The van der Waals surface area contributed by atoms with Gasteiger partial charge in [0.05, 0.1) is 6.10 Å². The number of fused-ring (bicyclic) bond motifs is 5. The summed E-state index contributed by atoms with van der Waals surface area (Å²) < 4.78 is 0. The van der Waals surface area contributed by atoms with Gasteiger partial charge in [-0.2, -0.15) is 0 Å². The minimum Gasteiger partial charge on any atom is -0.389 e. The molecule has 1 nitrogen and oxygen atoms in total. The van der Waals surface area contributed by atoms with Gasteiger partial charge >= 0.3 is 0 Å². The van der Waals surface area contributed by atoms with E-state index >= 15 is 0 Å². The summed E-state index contributed by atoms with van der Waals surface area (Å²) in [7, 11) is 0. The van der Waals surface area contributed by atoms with E-state index in [4.69, 9.17) is 0 Å². The fourth-order valence-electron chi connectivity index (χ4n) is 6.31. The van der Waals surface area contributed by atoms with Gasteiger partial charge in [-0.05, 0) is 80.5 Å². The Morgan fingerprint density at radius 1 is 1.05 bits per heavy atom. The molecule has 0 saturated heterocycles. The molecule has 6 atom stereocenters. The van der Waals surface area contributed by atoms with Crippen LogP contribution in [0.2, 0.25) is 0 Å². The number of rotatable bonds is 0. The molecule has 0 spiro atoms. The molecule has 0 radical (unpaired) electrons. The molecule has 106 valence electrons. The molecule has 0 aromatic carbocycles. The maximum absolute atomic E-state index is 9.86. The van der Waals surface area contributed by atoms with Gasteiger partial charge < -0.3 is 5.11 Å². The highest BCUT2D eigenvalue weighted by molar-refractivity contribution is 5.19. The topological polar surface area (TPSA) is 20.2 Å². The third kappa shape index (κ3) is 1.84. The van der Waals surface area contributed by atoms with Gasteiger partial charge in [0.25, 0.3) is 0 Å². The second-order valence-electron chi connectivity index (χ2n) is 8.05. The molecular formula is C18H28O. The van der Waals surface area contributed by atoms with Crippen molar-refractivity contribution >= 4 is 0 Å². The molecular weight excluding hydrogens is 232 g/mol. The Kier molecular flexibility index (Phi) is 2.85. The van der Waals surface area contributed by atoms with Crippen LogP contribution in [0.1, 0.15) is 64.7 Å². The van der Waals surface area contributed by atoms with Crippen LogP contribution < -0.4 is 0 Å². The third-order valence-corrected chi connectivity index (χ3v) is 7.21. The third-order valence-electron chi connectivity index (χ3n) is 7.21. The average molecular weight is 260 g/mol. The highest BCUT2D eigenvalue weighted by Crippen LogP contribution is 2.61. The smallest absolute Gasteiger partial charge is 0.0723 e. The van der Waals surface area contributed by atoms with Gasteiger partial charge in [-0.1, -0.05) is 25.0 Å². The van der Waals surface area contributed by atoms with Crippen LogP contribution in [0.5, 0.6) is 0 Å². The molecule has 0 aliphatic heterocycles. The molecule has 4 aliphatic rings. The van der Waals surface area contributed by atoms with Crippen molar-refractivity contribution in [3.63, 3.8) is 0 Å². The second kappa shape index (κ2) is 4.35. The van der Waals surface area contributed by atoms with Crippen molar-refractivity contribution in [3.05, 3.63) is 11.6 Å². The summed E-state index contributed by atoms with van der Waals surface area (Å²) in [6.07, 6.45) is 14.5. The maximum atomic E-state index is 9.86. The zero-order valence-electron chi connectivity index (χ0n) is 12.3. The maximum Gasteiger partial charge on any atom is 0.0723 e. The van der Waals surface area contributed by atoms with E-state index in [1.54, 1.807) is 5.57 Å². The van der Waals surface area contributed by atoms with Crippen molar-refractivity contribution in [2.24, 2.45) is 29.1 Å². The summed E-state index contributed by atoms with van der Waals surface area (Å²) in [4.78, 5) is 0. The molecule has 0 aromatic rings. The van der Waals surface area contributed by atoms with Crippen molar-refractivity contribution < 1.29 is 5.11 Å². The van der Waals surface area contributed by atoms with Gasteiger partial charge in [-0.25, -0.2) is 0 Å². The van der Waals surface area contributed by atoms with E-state index in [-0.39, 0.29) is 6.10 Å². The summed E-state index contributed by atoms with van der Waals surface area (Å²) in [5, 5.41) is 9.86. The molecule has 19 heavy (non-hydrogen) atoms. The Hall–Kier alpha value is -0.300. The van der Waals surface area contributed by atoms with Crippen LogP contribution in [0.25, 0.3) is 0 Å². The molecule has 4 rings (SSSR count). The molecule has 0 heterocycles. The molecule has 1 heteroatoms. The molecule has 3 fully saturated rings. The quantitative estimate of drug-likeness (QED) is 0.643. The predicted molar refractivity (Wildman–Crippen MR) is 77.7 cm³/mol. The van der Waals surface area contributed by atoms with Crippen LogP contribution in [-0.4, -0.2) is 11.2 Å². The minimum atomic E-state index is -0.136. The summed E-state index contributed by atoms with van der Waals surface area (Å²) in [5.41, 5.74) is 2.32. The van der Waals surface area contributed by atoms with Gasteiger partial charge in [0.1, 0.15) is 0 Å². The zero-order valence-corrected chi connectivity index (χ0v) is 12.3. The second-order valence-corrected chi connectivity index (χ2v) is 8.05. The van der Waals surface area contributed by atoms with E-state index < -0.39 is 0 Å². The van der Waals surface area contributed by atoms with Gasteiger partial charge in [0.2, 0.25) is 0 Å². The number of allylic oxidation sites excluding steroid dienone is 1. The van der Waals surface area contributed by atoms with Crippen LogP contribution in [-0.2, 0) is 0 Å². The van der Waals surface area contributed by atoms with E-state index in [0.717, 1.165) is 30.1 Å². The Balaban J connectivity index is 1.61. The number of hydrogen-bond donors (Lipinski definition) is 1. The van der Waals surface area contributed by atoms with Gasteiger partial charge in [0, 0.05) is 0 Å².